The van der Waals surface area contributed by atoms with Gasteiger partial charge >= 0.3 is 0 Å². The monoisotopic (exact) mass is 277 g/mol. The fourth-order valence-corrected chi connectivity index (χ4v) is 3.52. The van der Waals surface area contributed by atoms with E-state index in [-0.39, 0.29) is 0 Å². The number of fused-ring (bicyclic) bond motifs is 1. The molecule has 2 aliphatic heterocycles. The highest BCUT2D eigenvalue weighted by atomic mass is 15.3. The first-order valence-electron chi connectivity index (χ1n) is 8.24. The summed E-state index contributed by atoms with van der Waals surface area (Å²) in [5, 5.41) is 12.3. The van der Waals surface area contributed by atoms with Crippen molar-refractivity contribution in [1.29, 1.82) is 0 Å². The zero-order valence-corrected chi connectivity index (χ0v) is 12.6. The van der Waals surface area contributed by atoms with Crippen LogP contribution in [0.25, 0.3) is 0 Å². The largest absolute Gasteiger partial charge is 0.317 e. The Morgan fingerprint density at radius 1 is 1.25 bits per heavy atom. The quantitative estimate of drug-likeness (QED) is 0.887. The van der Waals surface area contributed by atoms with E-state index < -0.39 is 0 Å². The predicted octanol–water partition coefficient (Wildman–Crippen LogP) is 1.58. The Labute approximate surface area is 121 Å². The van der Waals surface area contributed by atoms with Crippen molar-refractivity contribution < 1.29 is 0 Å². The summed E-state index contributed by atoms with van der Waals surface area (Å²) in [6.45, 7) is 7.85. The summed E-state index contributed by atoms with van der Waals surface area (Å²) in [6, 6.07) is 0.716. The summed E-state index contributed by atoms with van der Waals surface area (Å²) in [4.78, 5) is 2.63. The van der Waals surface area contributed by atoms with Gasteiger partial charge in [0.2, 0.25) is 0 Å². The van der Waals surface area contributed by atoms with Crippen molar-refractivity contribution in [3.05, 3.63) is 11.6 Å². The van der Waals surface area contributed by atoms with Crippen LogP contribution in [0.3, 0.4) is 0 Å². The average molecular weight is 277 g/mol. The number of rotatable bonds is 5. The lowest BCUT2D eigenvalue weighted by molar-refractivity contribution is 0.148. The zero-order valence-electron chi connectivity index (χ0n) is 12.6. The molecule has 0 atom stereocenters. The fraction of sp³-hybridized carbons (Fsp3) is 0.867. The zero-order chi connectivity index (χ0) is 13.8. The van der Waals surface area contributed by atoms with Gasteiger partial charge in [0.15, 0.2) is 0 Å². The van der Waals surface area contributed by atoms with Crippen LogP contribution in [0.2, 0.25) is 0 Å². The summed E-state index contributed by atoms with van der Waals surface area (Å²) in [7, 11) is 0. The lowest BCUT2D eigenvalue weighted by Gasteiger charge is -2.34. The first-order valence-corrected chi connectivity index (χ1v) is 8.24. The minimum Gasteiger partial charge on any atom is -0.317 e. The van der Waals surface area contributed by atoms with Crippen molar-refractivity contribution in [3.8, 4) is 0 Å². The number of hydrogen-bond acceptors (Lipinski definition) is 4. The third-order valence-corrected chi connectivity index (χ3v) is 4.62. The Hall–Kier alpha value is -0.940. The maximum absolute atomic E-state index is 4.47. The molecule has 0 unspecified atom stereocenters. The number of nitrogens with zero attached hydrogens (tertiary/aromatic N) is 4. The normalized spacial score (nSPS) is 20.3. The Bertz CT molecular complexity index is 422. The molecule has 5 nitrogen and oxygen atoms in total. The number of piperidine rings is 1. The maximum atomic E-state index is 4.47. The van der Waals surface area contributed by atoms with Gasteiger partial charge in [-0.15, -0.1) is 10.2 Å². The van der Waals surface area contributed by atoms with Crippen molar-refractivity contribution >= 4 is 0 Å². The van der Waals surface area contributed by atoms with Gasteiger partial charge in [0.05, 0.1) is 6.54 Å². The fourth-order valence-electron chi connectivity index (χ4n) is 3.52. The van der Waals surface area contributed by atoms with E-state index in [4.69, 9.17) is 0 Å². The van der Waals surface area contributed by atoms with Gasteiger partial charge in [0, 0.05) is 19.0 Å². The molecule has 0 amide bonds. The molecule has 0 aliphatic carbocycles. The second-order valence-corrected chi connectivity index (χ2v) is 6.09. The molecule has 20 heavy (non-hydrogen) atoms. The molecule has 1 saturated heterocycles. The van der Waals surface area contributed by atoms with Crippen molar-refractivity contribution in [2.45, 2.75) is 64.6 Å². The van der Waals surface area contributed by atoms with E-state index in [1.165, 1.54) is 50.3 Å². The Morgan fingerprint density at radius 3 is 2.90 bits per heavy atom. The summed E-state index contributed by atoms with van der Waals surface area (Å²) >= 11 is 0. The van der Waals surface area contributed by atoms with Crippen LogP contribution in [0.5, 0.6) is 0 Å². The molecule has 0 aromatic carbocycles. The molecule has 3 rings (SSSR count). The number of nitrogens with one attached hydrogen (secondary N) is 1. The van der Waals surface area contributed by atoms with Crippen molar-refractivity contribution in [3.63, 3.8) is 0 Å². The van der Waals surface area contributed by atoms with E-state index in [0.29, 0.717) is 6.04 Å². The molecule has 1 aromatic heterocycles. The van der Waals surface area contributed by atoms with Gasteiger partial charge < -0.3 is 9.88 Å². The Balaban J connectivity index is 1.70. The van der Waals surface area contributed by atoms with Gasteiger partial charge in [0.1, 0.15) is 11.6 Å². The lowest BCUT2D eigenvalue weighted by atomic mass is 10.0. The van der Waals surface area contributed by atoms with Crippen molar-refractivity contribution in [1.82, 2.24) is 25.0 Å². The second kappa shape index (κ2) is 6.68. The molecule has 112 valence electrons. The van der Waals surface area contributed by atoms with Crippen LogP contribution in [-0.4, -0.2) is 45.3 Å². The Morgan fingerprint density at radius 2 is 2.10 bits per heavy atom. The number of hydrogen-bond donors (Lipinski definition) is 1. The highest BCUT2D eigenvalue weighted by molar-refractivity contribution is 4.99. The maximum Gasteiger partial charge on any atom is 0.147 e. The van der Waals surface area contributed by atoms with Gasteiger partial charge in [-0.2, -0.15) is 0 Å². The van der Waals surface area contributed by atoms with E-state index in [1.54, 1.807) is 0 Å². The average Bonchev–Trinajstić information content (AvgIpc) is 2.91. The van der Waals surface area contributed by atoms with Crippen LogP contribution in [0.1, 0.15) is 50.7 Å². The van der Waals surface area contributed by atoms with E-state index in [0.717, 1.165) is 32.6 Å². The first-order chi connectivity index (χ1) is 9.88. The molecule has 0 saturated carbocycles. The van der Waals surface area contributed by atoms with Gasteiger partial charge in [-0.25, -0.2) is 0 Å². The molecule has 0 radical (unpaired) electrons. The SMILES string of the molecule is CCCN(Cc1nnc2n1CCCC2)C1CCNCC1. The van der Waals surface area contributed by atoms with Crippen LogP contribution in [0, 0.1) is 0 Å². The summed E-state index contributed by atoms with van der Waals surface area (Å²) in [6.07, 6.45) is 7.39. The minimum absolute atomic E-state index is 0.716. The summed E-state index contributed by atoms with van der Waals surface area (Å²) in [5.41, 5.74) is 0. The lowest BCUT2D eigenvalue weighted by Crippen LogP contribution is -2.43. The molecule has 5 heteroatoms. The van der Waals surface area contributed by atoms with Crippen LogP contribution >= 0.6 is 0 Å². The van der Waals surface area contributed by atoms with Crippen molar-refractivity contribution in [2.24, 2.45) is 0 Å². The molecule has 1 aromatic rings. The van der Waals surface area contributed by atoms with Gasteiger partial charge in [-0.05, 0) is 51.7 Å². The van der Waals surface area contributed by atoms with Crippen molar-refractivity contribution in [2.75, 3.05) is 19.6 Å². The van der Waals surface area contributed by atoms with E-state index in [2.05, 4.69) is 31.9 Å². The summed E-state index contributed by atoms with van der Waals surface area (Å²) in [5.74, 6) is 2.39. The minimum atomic E-state index is 0.716. The first kappa shape index (κ1) is 14.0. The Kier molecular flexibility index (Phi) is 4.68. The van der Waals surface area contributed by atoms with E-state index in [1.807, 2.05) is 0 Å². The predicted molar refractivity (Wildman–Crippen MR) is 79.6 cm³/mol. The smallest absolute Gasteiger partial charge is 0.147 e. The second-order valence-electron chi connectivity index (χ2n) is 6.09. The molecule has 0 spiro atoms. The molecule has 0 bridgehead atoms. The van der Waals surface area contributed by atoms with Crippen LogP contribution in [-0.2, 0) is 19.5 Å². The molecule has 3 heterocycles. The molecule has 2 aliphatic rings. The number of aromatic nitrogens is 3. The van der Waals surface area contributed by atoms with Gasteiger partial charge in [-0.3, -0.25) is 4.90 Å². The highest BCUT2D eigenvalue weighted by Gasteiger charge is 2.23. The third-order valence-electron chi connectivity index (χ3n) is 4.62. The third kappa shape index (κ3) is 3.04. The van der Waals surface area contributed by atoms with Gasteiger partial charge in [0.25, 0.3) is 0 Å². The number of aryl methyl sites for hydroxylation is 1. The highest BCUT2D eigenvalue weighted by Crippen LogP contribution is 2.19. The molecule has 1 fully saturated rings. The van der Waals surface area contributed by atoms with Crippen LogP contribution < -0.4 is 5.32 Å². The molecular formula is C15H27N5. The van der Waals surface area contributed by atoms with E-state index in [9.17, 15) is 0 Å². The van der Waals surface area contributed by atoms with Crippen LogP contribution in [0.15, 0.2) is 0 Å². The topological polar surface area (TPSA) is 46.0 Å². The standard InChI is InChI=1S/C15H27N5/c1-2-10-19(13-6-8-16-9-7-13)12-15-18-17-14-5-3-4-11-20(14)15/h13,16H,2-12H2,1H3. The summed E-state index contributed by atoms with van der Waals surface area (Å²) < 4.78 is 2.37. The van der Waals surface area contributed by atoms with Gasteiger partial charge in [-0.1, -0.05) is 6.92 Å². The van der Waals surface area contributed by atoms with E-state index >= 15 is 0 Å². The molecular weight excluding hydrogens is 250 g/mol. The van der Waals surface area contributed by atoms with Crippen LogP contribution in [0.4, 0.5) is 0 Å². The molecule has 1 N–H and O–H groups in total.